The van der Waals surface area contributed by atoms with Crippen molar-refractivity contribution in [1.82, 2.24) is 4.90 Å². The van der Waals surface area contributed by atoms with E-state index in [0.29, 0.717) is 12.5 Å². The van der Waals surface area contributed by atoms with Crippen LogP contribution in [0.2, 0.25) is 0 Å². The van der Waals surface area contributed by atoms with Crippen LogP contribution in [0.1, 0.15) is 26.2 Å². The second kappa shape index (κ2) is 6.48. The third-order valence-corrected chi connectivity index (χ3v) is 3.08. The number of nitrogens with zero attached hydrogens (tertiary/aromatic N) is 1. The number of hydrogen-bond donors (Lipinski definition) is 0. The number of unbranched alkanes of at least 4 members (excludes halogenated alkanes) is 1. The van der Waals surface area contributed by atoms with Gasteiger partial charge < -0.3 is 9.64 Å². The summed E-state index contributed by atoms with van der Waals surface area (Å²) in [5, 5.41) is 0. The van der Waals surface area contributed by atoms with Gasteiger partial charge in [-0.05, 0) is 23.2 Å². The summed E-state index contributed by atoms with van der Waals surface area (Å²) < 4.78 is 6.28. The van der Waals surface area contributed by atoms with Gasteiger partial charge in [-0.2, -0.15) is 0 Å². The number of carbonyl (C=O) groups is 1. The molecule has 0 aliphatic carbocycles. The first-order chi connectivity index (χ1) is 6.77. The molecule has 4 heteroatoms. The van der Waals surface area contributed by atoms with E-state index in [9.17, 15) is 4.79 Å². The van der Waals surface area contributed by atoms with Gasteiger partial charge >= 0.3 is 6.09 Å². The van der Waals surface area contributed by atoms with E-state index < -0.39 is 0 Å². The maximum Gasteiger partial charge on any atom is 0.409 e. The van der Waals surface area contributed by atoms with E-state index in [1.807, 2.05) is 0 Å². The molecule has 0 radical (unpaired) electrons. The van der Waals surface area contributed by atoms with Crippen molar-refractivity contribution in [2.75, 3.05) is 24.1 Å². The minimum Gasteiger partial charge on any atom is -0.449 e. The molecule has 0 unspecified atom stereocenters. The number of ether oxygens (including phenoxy) is 1. The molecule has 1 heterocycles. The van der Waals surface area contributed by atoms with Crippen LogP contribution in [0.4, 0.5) is 4.79 Å². The summed E-state index contributed by atoms with van der Waals surface area (Å²) in [7, 11) is 0. The van der Waals surface area contributed by atoms with Crippen molar-refractivity contribution in [2.45, 2.75) is 26.2 Å². The summed E-state index contributed by atoms with van der Waals surface area (Å²) in [5.74, 6) is 0.714. The molecule has 1 aliphatic rings. The maximum absolute atomic E-state index is 11.4. The Hall–Kier alpha value is 0. The monoisotopic (exact) mass is 311 g/mol. The Labute approximate surface area is 99.3 Å². The zero-order valence-corrected chi connectivity index (χ0v) is 10.8. The predicted octanol–water partition coefficient (Wildman–Crippen LogP) is 2.68. The molecule has 0 aromatic carbocycles. The Bertz CT molecular complexity index is 181. The molecular weight excluding hydrogens is 293 g/mol. The summed E-state index contributed by atoms with van der Waals surface area (Å²) in [4.78, 5) is 13.2. The third-order valence-electron chi connectivity index (χ3n) is 2.46. The standard InChI is InChI=1S/C10H18INO2/c1-2-3-6-14-10(13)12-7-9(8-12)4-5-11/h9H,2-8H2,1H3. The summed E-state index contributed by atoms with van der Waals surface area (Å²) >= 11 is 2.38. The molecule has 0 bridgehead atoms. The van der Waals surface area contributed by atoms with Crippen molar-refractivity contribution in [3.8, 4) is 0 Å². The quantitative estimate of drug-likeness (QED) is 0.444. The van der Waals surface area contributed by atoms with Gasteiger partial charge in [-0.15, -0.1) is 0 Å². The number of carbonyl (C=O) groups excluding carboxylic acids is 1. The second-order valence-electron chi connectivity index (χ2n) is 3.72. The number of likely N-dealkylation sites (tertiary alicyclic amines) is 1. The van der Waals surface area contributed by atoms with Crippen LogP contribution in [-0.4, -0.2) is 35.1 Å². The van der Waals surface area contributed by atoms with Gasteiger partial charge in [-0.25, -0.2) is 4.79 Å². The van der Waals surface area contributed by atoms with Crippen LogP contribution in [0, 0.1) is 5.92 Å². The van der Waals surface area contributed by atoms with Crippen molar-refractivity contribution in [2.24, 2.45) is 5.92 Å². The molecule has 1 aliphatic heterocycles. The molecule has 0 aromatic rings. The number of rotatable bonds is 5. The van der Waals surface area contributed by atoms with Crippen LogP contribution in [0.3, 0.4) is 0 Å². The average molecular weight is 311 g/mol. The number of halogens is 1. The predicted molar refractivity (Wildman–Crippen MR) is 64.8 cm³/mol. The molecule has 82 valence electrons. The van der Waals surface area contributed by atoms with Crippen molar-refractivity contribution in [3.63, 3.8) is 0 Å². The van der Waals surface area contributed by atoms with Crippen LogP contribution >= 0.6 is 22.6 Å². The van der Waals surface area contributed by atoms with Gasteiger partial charge in [-0.3, -0.25) is 0 Å². The van der Waals surface area contributed by atoms with E-state index in [-0.39, 0.29) is 6.09 Å². The first-order valence-corrected chi connectivity index (χ1v) is 6.78. The molecule has 3 nitrogen and oxygen atoms in total. The average Bonchev–Trinajstić information content (AvgIpc) is 2.10. The molecule has 0 N–H and O–H groups in total. The number of hydrogen-bond acceptors (Lipinski definition) is 2. The second-order valence-corrected chi connectivity index (χ2v) is 4.80. The first-order valence-electron chi connectivity index (χ1n) is 5.25. The van der Waals surface area contributed by atoms with Crippen LogP contribution in [0.5, 0.6) is 0 Å². The van der Waals surface area contributed by atoms with Crippen LogP contribution < -0.4 is 0 Å². The van der Waals surface area contributed by atoms with Gasteiger partial charge in [-0.1, -0.05) is 35.9 Å². The number of amides is 1. The highest BCUT2D eigenvalue weighted by Crippen LogP contribution is 2.20. The minimum absolute atomic E-state index is 0.122. The Morgan fingerprint density at radius 2 is 2.29 bits per heavy atom. The summed E-state index contributed by atoms with van der Waals surface area (Å²) in [6.45, 7) is 4.46. The maximum atomic E-state index is 11.4. The fourth-order valence-electron chi connectivity index (χ4n) is 1.45. The Morgan fingerprint density at radius 3 is 2.86 bits per heavy atom. The highest BCUT2D eigenvalue weighted by molar-refractivity contribution is 14.1. The lowest BCUT2D eigenvalue weighted by atomic mass is 9.98. The van der Waals surface area contributed by atoms with E-state index >= 15 is 0 Å². The van der Waals surface area contributed by atoms with Crippen LogP contribution in [0.25, 0.3) is 0 Å². The molecule has 0 saturated carbocycles. The fraction of sp³-hybridized carbons (Fsp3) is 0.900. The molecule has 0 atom stereocenters. The largest absolute Gasteiger partial charge is 0.449 e. The van der Waals surface area contributed by atoms with Gasteiger partial charge in [0.05, 0.1) is 6.61 Å². The van der Waals surface area contributed by atoms with Gasteiger partial charge in [0.25, 0.3) is 0 Å². The highest BCUT2D eigenvalue weighted by atomic mass is 127. The topological polar surface area (TPSA) is 29.5 Å². The van der Waals surface area contributed by atoms with Gasteiger partial charge in [0.15, 0.2) is 0 Å². The highest BCUT2D eigenvalue weighted by Gasteiger charge is 2.30. The van der Waals surface area contributed by atoms with E-state index in [4.69, 9.17) is 4.74 Å². The lowest BCUT2D eigenvalue weighted by molar-refractivity contribution is 0.0527. The molecule has 1 fully saturated rings. The van der Waals surface area contributed by atoms with Crippen molar-refractivity contribution >= 4 is 28.7 Å². The summed E-state index contributed by atoms with van der Waals surface area (Å²) in [6, 6.07) is 0. The molecule has 1 amide bonds. The molecule has 1 rings (SSSR count). The van der Waals surface area contributed by atoms with Crippen LogP contribution in [-0.2, 0) is 4.74 Å². The van der Waals surface area contributed by atoms with E-state index in [2.05, 4.69) is 29.5 Å². The third kappa shape index (κ3) is 3.63. The smallest absolute Gasteiger partial charge is 0.409 e. The lowest BCUT2D eigenvalue weighted by Crippen LogP contribution is -2.50. The van der Waals surface area contributed by atoms with Crippen molar-refractivity contribution in [1.29, 1.82) is 0 Å². The van der Waals surface area contributed by atoms with Crippen LogP contribution in [0.15, 0.2) is 0 Å². The summed E-state index contributed by atoms with van der Waals surface area (Å²) in [5.41, 5.74) is 0. The number of alkyl halides is 1. The molecule has 1 saturated heterocycles. The first kappa shape index (κ1) is 12.1. The zero-order valence-electron chi connectivity index (χ0n) is 8.67. The van der Waals surface area contributed by atoms with E-state index in [0.717, 1.165) is 25.9 Å². The molecular formula is C10H18INO2. The molecule has 0 spiro atoms. The Morgan fingerprint density at radius 1 is 1.57 bits per heavy atom. The lowest BCUT2D eigenvalue weighted by Gasteiger charge is -2.38. The molecule has 0 aromatic heterocycles. The van der Waals surface area contributed by atoms with Gasteiger partial charge in [0.2, 0.25) is 0 Å². The van der Waals surface area contributed by atoms with Crippen molar-refractivity contribution < 1.29 is 9.53 Å². The fourth-order valence-corrected chi connectivity index (χ4v) is 2.33. The Kier molecular flexibility index (Phi) is 5.59. The van der Waals surface area contributed by atoms with Gasteiger partial charge in [0.1, 0.15) is 0 Å². The van der Waals surface area contributed by atoms with E-state index in [1.165, 1.54) is 10.8 Å². The molecule has 14 heavy (non-hydrogen) atoms. The van der Waals surface area contributed by atoms with Crippen molar-refractivity contribution in [3.05, 3.63) is 0 Å². The zero-order chi connectivity index (χ0) is 10.4. The minimum atomic E-state index is -0.122. The summed E-state index contributed by atoms with van der Waals surface area (Å²) in [6.07, 6.45) is 3.14. The van der Waals surface area contributed by atoms with E-state index in [1.54, 1.807) is 4.90 Å². The SMILES string of the molecule is CCCCOC(=O)N1CC(CCI)C1. The Balaban J connectivity index is 2.04. The normalized spacial score (nSPS) is 16.6. The van der Waals surface area contributed by atoms with Gasteiger partial charge in [0, 0.05) is 13.1 Å².